The second-order valence-electron chi connectivity index (χ2n) is 7.52. The number of hydrogen-bond acceptors (Lipinski definition) is 5. The van der Waals surface area contributed by atoms with Crippen molar-refractivity contribution in [2.75, 3.05) is 18.0 Å². The molecule has 1 amide bonds. The van der Waals surface area contributed by atoms with Crippen LogP contribution in [0, 0.1) is 6.92 Å². The standard InChI is InChI=1S/C21H22N2O6S/c1-14-5-6-19-16(11-14)13-29-21(26)23(19)17-7-9-22(10-8-17)30(27,28)18-4-2-3-15(12-18)20(24)25/h2-6,11-12,17H,7-10,13H2,1H3,(H,24,25). The van der Waals surface area contributed by atoms with Crippen LogP contribution in [-0.2, 0) is 21.4 Å². The number of hydrogen-bond donors (Lipinski definition) is 1. The lowest BCUT2D eigenvalue weighted by Gasteiger charge is -2.39. The van der Waals surface area contributed by atoms with Gasteiger partial charge in [0.2, 0.25) is 10.0 Å². The SMILES string of the molecule is Cc1ccc2c(c1)COC(=O)N2C1CCN(S(=O)(=O)c2cccc(C(=O)O)c2)CC1. The monoisotopic (exact) mass is 430 g/mol. The first-order valence-electron chi connectivity index (χ1n) is 9.66. The highest BCUT2D eigenvalue weighted by atomic mass is 32.2. The summed E-state index contributed by atoms with van der Waals surface area (Å²) in [5.41, 5.74) is 2.76. The molecule has 0 saturated carbocycles. The molecule has 2 aliphatic heterocycles. The van der Waals surface area contributed by atoms with Crippen LogP contribution in [0.2, 0.25) is 0 Å². The summed E-state index contributed by atoms with van der Waals surface area (Å²) in [5, 5.41) is 9.13. The van der Waals surface area contributed by atoms with Gasteiger partial charge in [0.15, 0.2) is 0 Å². The zero-order valence-electron chi connectivity index (χ0n) is 16.4. The fourth-order valence-electron chi connectivity index (χ4n) is 4.00. The average Bonchev–Trinajstić information content (AvgIpc) is 2.74. The number of piperidine rings is 1. The van der Waals surface area contributed by atoms with Crippen molar-refractivity contribution in [2.24, 2.45) is 0 Å². The van der Waals surface area contributed by atoms with E-state index in [1.807, 2.05) is 25.1 Å². The number of anilines is 1. The molecule has 0 aromatic heterocycles. The van der Waals surface area contributed by atoms with E-state index in [9.17, 15) is 18.0 Å². The predicted octanol–water partition coefficient (Wildman–Crippen LogP) is 3.00. The van der Waals surface area contributed by atoms with Crippen LogP contribution in [0.1, 0.15) is 34.3 Å². The molecule has 0 radical (unpaired) electrons. The van der Waals surface area contributed by atoms with E-state index in [0.29, 0.717) is 12.8 Å². The van der Waals surface area contributed by atoms with Gasteiger partial charge in [-0.2, -0.15) is 4.31 Å². The Morgan fingerprint density at radius 1 is 1.13 bits per heavy atom. The second kappa shape index (κ2) is 7.73. The highest BCUT2D eigenvalue weighted by Crippen LogP contribution is 2.33. The van der Waals surface area contributed by atoms with E-state index in [1.165, 1.54) is 28.6 Å². The number of rotatable bonds is 4. The summed E-state index contributed by atoms with van der Waals surface area (Å²) in [4.78, 5) is 25.2. The number of fused-ring (bicyclic) bond motifs is 1. The van der Waals surface area contributed by atoms with E-state index in [4.69, 9.17) is 9.84 Å². The fraction of sp³-hybridized carbons (Fsp3) is 0.333. The van der Waals surface area contributed by atoms with Gasteiger partial charge in [-0.1, -0.05) is 23.8 Å². The minimum atomic E-state index is -3.82. The largest absolute Gasteiger partial charge is 0.478 e. The normalized spacial score (nSPS) is 18.0. The van der Waals surface area contributed by atoms with Gasteiger partial charge >= 0.3 is 12.1 Å². The van der Waals surface area contributed by atoms with Crippen molar-refractivity contribution < 1.29 is 27.9 Å². The van der Waals surface area contributed by atoms with Crippen LogP contribution in [0.25, 0.3) is 0 Å². The molecule has 0 atom stereocenters. The number of carbonyl (C=O) groups is 2. The zero-order chi connectivity index (χ0) is 21.5. The number of benzene rings is 2. The highest BCUT2D eigenvalue weighted by molar-refractivity contribution is 7.89. The molecule has 9 heteroatoms. The topological polar surface area (TPSA) is 104 Å². The van der Waals surface area contributed by atoms with Gasteiger partial charge in [0, 0.05) is 24.7 Å². The molecule has 2 aromatic carbocycles. The van der Waals surface area contributed by atoms with Gasteiger partial charge in [0.05, 0.1) is 16.1 Å². The average molecular weight is 430 g/mol. The molecule has 0 bridgehead atoms. The minimum Gasteiger partial charge on any atom is -0.478 e. The van der Waals surface area contributed by atoms with Crippen LogP contribution < -0.4 is 4.90 Å². The van der Waals surface area contributed by atoms with Gasteiger partial charge in [-0.05, 0) is 44.0 Å². The molecule has 1 N–H and O–H groups in total. The summed E-state index contributed by atoms with van der Waals surface area (Å²) < 4.78 is 32.6. The van der Waals surface area contributed by atoms with Crippen LogP contribution in [0.15, 0.2) is 47.4 Å². The number of aryl methyl sites for hydroxylation is 1. The van der Waals surface area contributed by atoms with E-state index in [1.54, 1.807) is 4.90 Å². The number of ether oxygens (including phenoxy) is 1. The lowest BCUT2D eigenvalue weighted by atomic mass is 10.0. The Kier molecular flexibility index (Phi) is 5.25. The Balaban J connectivity index is 1.52. The van der Waals surface area contributed by atoms with Crippen LogP contribution in [0.3, 0.4) is 0 Å². The molecule has 158 valence electrons. The van der Waals surface area contributed by atoms with Gasteiger partial charge in [-0.3, -0.25) is 4.90 Å². The highest BCUT2D eigenvalue weighted by Gasteiger charge is 2.37. The Morgan fingerprint density at radius 3 is 2.57 bits per heavy atom. The second-order valence-corrected chi connectivity index (χ2v) is 9.46. The fourth-order valence-corrected chi connectivity index (χ4v) is 5.51. The third-order valence-corrected chi connectivity index (χ3v) is 7.44. The predicted molar refractivity (Wildman–Crippen MR) is 109 cm³/mol. The molecular formula is C21H22N2O6S. The minimum absolute atomic E-state index is 0.0425. The molecule has 1 fully saturated rings. The first-order valence-corrected chi connectivity index (χ1v) is 11.1. The molecule has 0 spiro atoms. The zero-order valence-corrected chi connectivity index (χ0v) is 17.3. The number of carboxylic acids is 1. The Labute approximate surface area is 174 Å². The smallest absolute Gasteiger partial charge is 0.414 e. The van der Waals surface area contributed by atoms with Crippen molar-refractivity contribution in [3.8, 4) is 0 Å². The molecule has 4 rings (SSSR count). The van der Waals surface area contributed by atoms with Crippen molar-refractivity contribution >= 4 is 27.8 Å². The summed E-state index contributed by atoms with van der Waals surface area (Å²) in [6, 6.07) is 11.0. The van der Waals surface area contributed by atoms with Crippen molar-refractivity contribution in [1.29, 1.82) is 0 Å². The van der Waals surface area contributed by atoms with Gasteiger partial charge in [0.1, 0.15) is 6.61 Å². The van der Waals surface area contributed by atoms with E-state index >= 15 is 0 Å². The quantitative estimate of drug-likeness (QED) is 0.800. The van der Waals surface area contributed by atoms with Crippen LogP contribution in [0.5, 0.6) is 0 Å². The maximum atomic E-state index is 13.0. The van der Waals surface area contributed by atoms with Crippen LogP contribution >= 0.6 is 0 Å². The first-order chi connectivity index (χ1) is 14.3. The van der Waals surface area contributed by atoms with E-state index in [2.05, 4.69) is 0 Å². The molecule has 1 saturated heterocycles. The summed E-state index contributed by atoms with van der Waals surface area (Å²) in [6.07, 6.45) is 0.502. The van der Waals surface area contributed by atoms with Crippen molar-refractivity contribution in [2.45, 2.75) is 37.3 Å². The van der Waals surface area contributed by atoms with E-state index in [-0.39, 0.29) is 36.2 Å². The van der Waals surface area contributed by atoms with Gasteiger partial charge in [-0.15, -0.1) is 0 Å². The van der Waals surface area contributed by atoms with E-state index in [0.717, 1.165) is 16.8 Å². The van der Waals surface area contributed by atoms with Crippen molar-refractivity contribution in [1.82, 2.24) is 4.31 Å². The molecule has 2 aromatic rings. The maximum Gasteiger partial charge on any atom is 0.414 e. The Hall–Kier alpha value is -2.91. The number of cyclic esters (lactones) is 1. The lowest BCUT2D eigenvalue weighted by molar-refractivity contribution is 0.0696. The molecule has 8 nitrogen and oxygen atoms in total. The molecule has 2 heterocycles. The van der Waals surface area contributed by atoms with Crippen molar-refractivity contribution in [3.63, 3.8) is 0 Å². The molecule has 30 heavy (non-hydrogen) atoms. The number of amides is 1. The number of carboxylic acid groups (broad SMARTS) is 1. The molecule has 0 aliphatic carbocycles. The summed E-state index contributed by atoms with van der Waals surface area (Å²) in [7, 11) is -3.82. The lowest BCUT2D eigenvalue weighted by Crippen LogP contribution is -2.50. The van der Waals surface area contributed by atoms with Gasteiger partial charge in [-0.25, -0.2) is 18.0 Å². The maximum absolute atomic E-state index is 13.0. The van der Waals surface area contributed by atoms with Gasteiger partial charge < -0.3 is 9.84 Å². The van der Waals surface area contributed by atoms with Crippen molar-refractivity contribution in [3.05, 3.63) is 59.2 Å². The number of aromatic carboxylic acids is 1. The van der Waals surface area contributed by atoms with Crippen LogP contribution in [-0.4, -0.2) is 49.0 Å². The summed E-state index contributed by atoms with van der Waals surface area (Å²) in [5.74, 6) is -1.18. The number of nitrogens with zero attached hydrogens (tertiary/aromatic N) is 2. The third kappa shape index (κ3) is 3.66. The van der Waals surface area contributed by atoms with E-state index < -0.39 is 22.1 Å². The molecule has 2 aliphatic rings. The summed E-state index contributed by atoms with van der Waals surface area (Å²) >= 11 is 0. The number of carbonyl (C=O) groups excluding carboxylic acids is 1. The molecular weight excluding hydrogens is 408 g/mol. The number of sulfonamides is 1. The van der Waals surface area contributed by atoms with Crippen LogP contribution in [0.4, 0.5) is 10.5 Å². The summed E-state index contributed by atoms with van der Waals surface area (Å²) in [6.45, 7) is 2.67. The molecule has 0 unspecified atom stereocenters. The first kappa shape index (κ1) is 20.4. The Bertz CT molecular complexity index is 1110. The van der Waals surface area contributed by atoms with Gasteiger partial charge in [0.25, 0.3) is 0 Å². The third-order valence-electron chi connectivity index (χ3n) is 5.55. The Morgan fingerprint density at radius 2 is 1.87 bits per heavy atom.